The molecule has 0 aliphatic carbocycles. The highest BCUT2D eigenvalue weighted by Gasteiger charge is 1.98. The summed E-state index contributed by atoms with van der Waals surface area (Å²) >= 11 is 0. The Morgan fingerprint density at radius 3 is 3.07 bits per heavy atom. The van der Waals surface area contributed by atoms with Crippen molar-refractivity contribution in [3.05, 3.63) is 24.4 Å². The summed E-state index contributed by atoms with van der Waals surface area (Å²) < 4.78 is 5.45. The highest BCUT2D eigenvalue weighted by molar-refractivity contribution is 5.26. The van der Waals surface area contributed by atoms with Gasteiger partial charge < -0.3 is 10.1 Å². The van der Waals surface area contributed by atoms with E-state index < -0.39 is 0 Å². The van der Waals surface area contributed by atoms with Crippen LogP contribution in [0.15, 0.2) is 24.4 Å². The second-order valence-corrected chi connectivity index (χ2v) is 3.30. The van der Waals surface area contributed by atoms with Crippen LogP contribution in [0.4, 0.5) is 5.95 Å². The molecule has 0 spiro atoms. The Balaban J connectivity index is 2.46. The predicted molar refractivity (Wildman–Crippen MR) is 61.1 cm³/mol. The third kappa shape index (κ3) is 4.44. The standard InChI is InChI=1S/C11H17N3O/c1-4-12-11-13-7-5-10(14-11)15-8-6-9(2)3/h5,7H,2,4,6,8H2,1,3H3,(H,12,13,14). The molecule has 82 valence electrons. The number of hydrogen-bond donors (Lipinski definition) is 1. The van der Waals surface area contributed by atoms with E-state index in [4.69, 9.17) is 4.74 Å². The van der Waals surface area contributed by atoms with E-state index >= 15 is 0 Å². The molecule has 1 heterocycles. The van der Waals surface area contributed by atoms with E-state index in [0.717, 1.165) is 18.5 Å². The molecule has 0 bridgehead atoms. The lowest BCUT2D eigenvalue weighted by molar-refractivity contribution is 0.309. The highest BCUT2D eigenvalue weighted by atomic mass is 16.5. The lowest BCUT2D eigenvalue weighted by Gasteiger charge is -2.06. The summed E-state index contributed by atoms with van der Waals surface area (Å²) in [4.78, 5) is 8.24. The Labute approximate surface area is 90.4 Å². The normalized spacial score (nSPS) is 9.73. The van der Waals surface area contributed by atoms with Crippen LogP contribution >= 0.6 is 0 Å². The van der Waals surface area contributed by atoms with Crippen LogP contribution in [0.5, 0.6) is 5.88 Å². The van der Waals surface area contributed by atoms with Crippen molar-refractivity contribution in [2.24, 2.45) is 0 Å². The van der Waals surface area contributed by atoms with E-state index in [1.54, 1.807) is 12.3 Å². The zero-order valence-electron chi connectivity index (χ0n) is 9.29. The fourth-order valence-electron chi connectivity index (χ4n) is 0.996. The number of nitrogens with one attached hydrogen (secondary N) is 1. The van der Waals surface area contributed by atoms with Gasteiger partial charge in [-0.2, -0.15) is 4.98 Å². The van der Waals surface area contributed by atoms with Crippen molar-refractivity contribution in [2.75, 3.05) is 18.5 Å². The number of rotatable bonds is 6. The lowest BCUT2D eigenvalue weighted by atomic mass is 10.3. The van der Waals surface area contributed by atoms with Gasteiger partial charge in [0.1, 0.15) is 0 Å². The van der Waals surface area contributed by atoms with Gasteiger partial charge in [0.25, 0.3) is 0 Å². The zero-order valence-corrected chi connectivity index (χ0v) is 9.29. The minimum atomic E-state index is 0.599. The number of aromatic nitrogens is 2. The predicted octanol–water partition coefficient (Wildman–Crippen LogP) is 2.25. The number of ether oxygens (including phenoxy) is 1. The first-order valence-electron chi connectivity index (χ1n) is 5.06. The lowest BCUT2D eigenvalue weighted by Crippen LogP contribution is -2.04. The Morgan fingerprint density at radius 2 is 2.40 bits per heavy atom. The average molecular weight is 207 g/mol. The highest BCUT2D eigenvalue weighted by Crippen LogP contribution is 2.09. The Morgan fingerprint density at radius 1 is 1.60 bits per heavy atom. The van der Waals surface area contributed by atoms with E-state index in [1.165, 1.54) is 0 Å². The second kappa shape index (κ2) is 6.01. The van der Waals surface area contributed by atoms with Crippen LogP contribution in [0.25, 0.3) is 0 Å². The molecular formula is C11H17N3O. The van der Waals surface area contributed by atoms with Gasteiger partial charge in [0, 0.05) is 25.2 Å². The first-order chi connectivity index (χ1) is 7.22. The maximum atomic E-state index is 5.45. The summed E-state index contributed by atoms with van der Waals surface area (Å²) in [6, 6.07) is 1.75. The van der Waals surface area contributed by atoms with Crippen molar-refractivity contribution in [3.8, 4) is 5.88 Å². The van der Waals surface area contributed by atoms with Crippen LogP contribution < -0.4 is 10.1 Å². The van der Waals surface area contributed by atoms with Gasteiger partial charge in [0.15, 0.2) is 0 Å². The summed E-state index contributed by atoms with van der Waals surface area (Å²) in [5, 5.41) is 3.03. The van der Waals surface area contributed by atoms with E-state index in [-0.39, 0.29) is 0 Å². The minimum Gasteiger partial charge on any atom is -0.477 e. The first-order valence-corrected chi connectivity index (χ1v) is 5.06. The Kier molecular flexibility index (Phi) is 4.60. The Bertz CT molecular complexity index is 325. The summed E-state index contributed by atoms with van der Waals surface area (Å²) in [5.41, 5.74) is 1.11. The number of hydrogen-bond acceptors (Lipinski definition) is 4. The van der Waals surface area contributed by atoms with Crippen LogP contribution in [-0.2, 0) is 0 Å². The van der Waals surface area contributed by atoms with Crippen LogP contribution in [0.3, 0.4) is 0 Å². The topological polar surface area (TPSA) is 47.0 Å². The van der Waals surface area contributed by atoms with Crippen molar-refractivity contribution in [2.45, 2.75) is 20.3 Å². The van der Waals surface area contributed by atoms with Gasteiger partial charge in [0.05, 0.1) is 6.61 Å². The van der Waals surface area contributed by atoms with Crippen molar-refractivity contribution in [3.63, 3.8) is 0 Å². The van der Waals surface area contributed by atoms with Crippen molar-refractivity contribution < 1.29 is 4.74 Å². The third-order valence-electron chi connectivity index (χ3n) is 1.74. The summed E-state index contributed by atoms with van der Waals surface area (Å²) in [7, 11) is 0. The average Bonchev–Trinajstić information content (AvgIpc) is 2.18. The maximum Gasteiger partial charge on any atom is 0.225 e. The molecule has 0 aromatic carbocycles. The van der Waals surface area contributed by atoms with Crippen LogP contribution in [0.2, 0.25) is 0 Å². The third-order valence-corrected chi connectivity index (χ3v) is 1.74. The number of nitrogens with zero attached hydrogens (tertiary/aromatic N) is 2. The van der Waals surface area contributed by atoms with Gasteiger partial charge in [-0.15, -0.1) is 6.58 Å². The molecule has 0 unspecified atom stereocenters. The van der Waals surface area contributed by atoms with Gasteiger partial charge in [0.2, 0.25) is 11.8 Å². The molecule has 4 heteroatoms. The van der Waals surface area contributed by atoms with Crippen molar-refractivity contribution >= 4 is 5.95 Å². The molecule has 0 aliphatic heterocycles. The molecule has 0 atom stereocenters. The fraction of sp³-hybridized carbons (Fsp3) is 0.455. The molecule has 0 radical (unpaired) electrons. The van der Waals surface area contributed by atoms with E-state index in [9.17, 15) is 0 Å². The summed E-state index contributed by atoms with van der Waals surface area (Å²) in [5.74, 6) is 1.20. The zero-order chi connectivity index (χ0) is 11.1. The molecule has 0 fully saturated rings. The SMILES string of the molecule is C=C(C)CCOc1ccnc(NCC)n1. The summed E-state index contributed by atoms with van der Waals surface area (Å²) in [6.45, 7) is 9.20. The molecule has 1 rings (SSSR count). The molecule has 15 heavy (non-hydrogen) atoms. The molecule has 1 N–H and O–H groups in total. The van der Waals surface area contributed by atoms with Crippen molar-refractivity contribution in [1.29, 1.82) is 0 Å². The minimum absolute atomic E-state index is 0.599. The van der Waals surface area contributed by atoms with E-state index in [2.05, 4.69) is 21.9 Å². The second-order valence-electron chi connectivity index (χ2n) is 3.30. The van der Waals surface area contributed by atoms with E-state index in [1.807, 2.05) is 13.8 Å². The maximum absolute atomic E-state index is 5.45. The molecule has 4 nitrogen and oxygen atoms in total. The molecule has 0 saturated heterocycles. The first kappa shape index (κ1) is 11.5. The van der Waals surface area contributed by atoms with Crippen LogP contribution in [-0.4, -0.2) is 23.1 Å². The van der Waals surface area contributed by atoms with Gasteiger partial charge in [-0.3, -0.25) is 0 Å². The number of anilines is 1. The smallest absolute Gasteiger partial charge is 0.225 e. The van der Waals surface area contributed by atoms with Gasteiger partial charge in [-0.25, -0.2) is 4.98 Å². The molecule has 0 amide bonds. The molecule has 1 aromatic rings. The van der Waals surface area contributed by atoms with Gasteiger partial charge in [-0.05, 0) is 13.8 Å². The van der Waals surface area contributed by atoms with Crippen molar-refractivity contribution in [1.82, 2.24) is 9.97 Å². The Hall–Kier alpha value is -1.58. The molecule has 0 aliphatic rings. The van der Waals surface area contributed by atoms with Crippen LogP contribution in [0.1, 0.15) is 20.3 Å². The van der Waals surface area contributed by atoms with Gasteiger partial charge in [-0.1, -0.05) is 5.57 Å². The fourth-order valence-corrected chi connectivity index (χ4v) is 0.996. The van der Waals surface area contributed by atoms with E-state index in [0.29, 0.717) is 18.4 Å². The quantitative estimate of drug-likeness (QED) is 0.727. The molecule has 1 aromatic heterocycles. The molecular weight excluding hydrogens is 190 g/mol. The summed E-state index contributed by atoms with van der Waals surface area (Å²) in [6.07, 6.45) is 2.53. The largest absolute Gasteiger partial charge is 0.477 e. The van der Waals surface area contributed by atoms with Crippen LogP contribution in [0, 0.1) is 0 Å². The monoisotopic (exact) mass is 207 g/mol. The van der Waals surface area contributed by atoms with Gasteiger partial charge >= 0.3 is 0 Å². The molecule has 0 saturated carbocycles.